The molecule has 3 aromatic rings. The molecule has 9 heteroatoms. The number of hydrogen-bond acceptors (Lipinski definition) is 6. The lowest BCUT2D eigenvalue weighted by molar-refractivity contribution is -0.122. The van der Waals surface area contributed by atoms with Crippen molar-refractivity contribution in [1.29, 1.82) is 0 Å². The zero-order valence-corrected chi connectivity index (χ0v) is 19.2. The van der Waals surface area contributed by atoms with Crippen molar-refractivity contribution in [2.75, 3.05) is 10.0 Å². The highest BCUT2D eigenvalue weighted by Crippen LogP contribution is 2.21. The van der Waals surface area contributed by atoms with Crippen molar-refractivity contribution in [3.8, 4) is 5.75 Å². The fourth-order valence-corrected chi connectivity index (χ4v) is 4.01. The lowest BCUT2D eigenvalue weighted by Gasteiger charge is -2.17. The fourth-order valence-electron chi connectivity index (χ4n) is 3.07. The summed E-state index contributed by atoms with van der Waals surface area (Å²) in [5.74, 6) is 0.338. The Morgan fingerprint density at radius 2 is 1.66 bits per heavy atom. The molecule has 0 spiro atoms. The van der Waals surface area contributed by atoms with Gasteiger partial charge in [-0.05, 0) is 69.2 Å². The lowest BCUT2D eigenvalue weighted by atomic mass is 10.1. The van der Waals surface area contributed by atoms with Crippen LogP contribution in [0.2, 0.25) is 0 Å². The molecule has 0 aliphatic rings. The summed E-state index contributed by atoms with van der Waals surface area (Å²) in [6, 6.07) is 15.1. The molecule has 2 aromatic carbocycles. The molecule has 0 aliphatic carbocycles. The number of anilines is 2. The van der Waals surface area contributed by atoms with E-state index in [0.29, 0.717) is 22.8 Å². The van der Waals surface area contributed by atoms with Crippen molar-refractivity contribution in [1.82, 2.24) is 9.97 Å². The van der Waals surface area contributed by atoms with Gasteiger partial charge in [0.2, 0.25) is 5.95 Å². The van der Waals surface area contributed by atoms with E-state index in [1.54, 1.807) is 26.8 Å². The van der Waals surface area contributed by atoms with Gasteiger partial charge in [0.15, 0.2) is 6.10 Å². The number of sulfonamides is 1. The first kappa shape index (κ1) is 23.2. The Bertz CT molecular complexity index is 1190. The summed E-state index contributed by atoms with van der Waals surface area (Å²) < 4.78 is 33.4. The third-order valence-electron chi connectivity index (χ3n) is 4.67. The smallest absolute Gasteiger partial charge is 0.265 e. The van der Waals surface area contributed by atoms with Crippen LogP contribution in [-0.4, -0.2) is 30.4 Å². The molecule has 1 atom stereocenters. The second-order valence-electron chi connectivity index (χ2n) is 7.31. The number of carbonyl (C=O) groups excluding carboxylic acids is 1. The lowest BCUT2D eigenvalue weighted by Crippen LogP contribution is -2.30. The second kappa shape index (κ2) is 9.78. The summed E-state index contributed by atoms with van der Waals surface area (Å²) in [5, 5.41) is 2.74. The normalized spacial score (nSPS) is 12.1. The molecule has 2 N–H and O–H groups in total. The van der Waals surface area contributed by atoms with Crippen LogP contribution in [0.4, 0.5) is 11.6 Å². The quantitative estimate of drug-likeness (QED) is 0.535. The largest absolute Gasteiger partial charge is 0.481 e. The van der Waals surface area contributed by atoms with E-state index in [1.165, 1.54) is 24.3 Å². The highest BCUT2D eigenvalue weighted by atomic mass is 32.2. The molecule has 1 aromatic heterocycles. The molecule has 0 fully saturated rings. The van der Waals surface area contributed by atoms with Gasteiger partial charge in [-0.25, -0.2) is 23.1 Å². The van der Waals surface area contributed by atoms with Crippen LogP contribution in [0, 0.1) is 13.8 Å². The van der Waals surface area contributed by atoms with Crippen LogP contribution in [0.5, 0.6) is 5.75 Å². The van der Waals surface area contributed by atoms with Crippen LogP contribution < -0.4 is 14.8 Å². The number of aryl methyl sites for hydroxylation is 3. The van der Waals surface area contributed by atoms with Crippen LogP contribution in [0.1, 0.15) is 30.8 Å². The van der Waals surface area contributed by atoms with Crippen LogP contribution in [0.25, 0.3) is 0 Å². The van der Waals surface area contributed by atoms with Crippen molar-refractivity contribution in [2.45, 2.75) is 45.1 Å². The van der Waals surface area contributed by atoms with Crippen LogP contribution in [0.3, 0.4) is 0 Å². The van der Waals surface area contributed by atoms with Gasteiger partial charge in [-0.3, -0.25) is 4.79 Å². The highest BCUT2D eigenvalue weighted by molar-refractivity contribution is 7.92. The van der Waals surface area contributed by atoms with Gasteiger partial charge in [0.1, 0.15) is 5.75 Å². The molecule has 0 saturated heterocycles. The third kappa shape index (κ3) is 5.82. The van der Waals surface area contributed by atoms with Crippen molar-refractivity contribution in [3.05, 3.63) is 71.5 Å². The van der Waals surface area contributed by atoms with Crippen molar-refractivity contribution < 1.29 is 17.9 Å². The summed E-state index contributed by atoms with van der Waals surface area (Å²) in [5.41, 5.74) is 2.79. The van der Waals surface area contributed by atoms with Crippen LogP contribution in [-0.2, 0) is 21.2 Å². The predicted octanol–water partition coefficient (Wildman–Crippen LogP) is 3.86. The van der Waals surface area contributed by atoms with E-state index >= 15 is 0 Å². The average molecular weight is 455 g/mol. The van der Waals surface area contributed by atoms with Gasteiger partial charge in [-0.15, -0.1) is 0 Å². The summed E-state index contributed by atoms with van der Waals surface area (Å²) in [6.45, 7) is 7.20. The van der Waals surface area contributed by atoms with Crippen molar-refractivity contribution in [2.24, 2.45) is 0 Å². The summed E-state index contributed by atoms with van der Waals surface area (Å²) in [7, 11) is -3.87. The minimum absolute atomic E-state index is 0.0122. The van der Waals surface area contributed by atoms with Gasteiger partial charge in [0.25, 0.3) is 15.9 Å². The number of rotatable bonds is 8. The molecule has 0 aliphatic heterocycles. The molecule has 1 amide bonds. The summed E-state index contributed by atoms with van der Waals surface area (Å²) >= 11 is 0. The molecule has 0 unspecified atom stereocenters. The number of ether oxygens (including phenoxy) is 1. The van der Waals surface area contributed by atoms with E-state index in [9.17, 15) is 13.2 Å². The number of nitrogens with one attached hydrogen (secondary N) is 2. The number of hydrogen-bond donors (Lipinski definition) is 2. The first-order valence-corrected chi connectivity index (χ1v) is 11.7. The van der Waals surface area contributed by atoms with Gasteiger partial charge in [0.05, 0.1) is 4.90 Å². The van der Waals surface area contributed by atoms with E-state index in [2.05, 4.69) is 20.0 Å². The Labute approximate surface area is 188 Å². The molecule has 8 nitrogen and oxygen atoms in total. The van der Waals surface area contributed by atoms with Gasteiger partial charge in [-0.1, -0.05) is 25.1 Å². The van der Waals surface area contributed by atoms with E-state index < -0.39 is 16.1 Å². The second-order valence-corrected chi connectivity index (χ2v) is 9.00. The zero-order valence-electron chi connectivity index (χ0n) is 18.4. The van der Waals surface area contributed by atoms with Gasteiger partial charge >= 0.3 is 0 Å². The Balaban J connectivity index is 1.66. The molecule has 1 heterocycles. The summed E-state index contributed by atoms with van der Waals surface area (Å²) in [4.78, 5) is 20.7. The number of para-hydroxylation sites is 1. The van der Waals surface area contributed by atoms with Gasteiger partial charge in [0, 0.05) is 17.1 Å². The minimum Gasteiger partial charge on any atom is -0.481 e. The maximum atomic E-state index is 12.6. The number of carbonyl (C=O) groups is 1. The first-order valence-electron chi connectivity index (χ1n) is 10.2. The molecule has 3 rings (SSSR count). The van der Waals surface area contributed by atoms with Gasteiger partial charge < -0.3 is 10.1 Å². The fraction of sp³-hybridized carbons (Fsp3) is 0.261. The first-order chi connectivity index (χ1) is 15.2. The summed E-state index contributed by atoms with van der Waals surface area (Å²) in [6.07, 6.45) is 0.0660. The topological polar surface area (TPSA) is 110 Å². The van der Waals surface area contributed by atoms with Crippen molar-refractivity contribution in [3.63, 3.8) is 0 Å². The zero-order chi connectivity index (χ0) is 23.3. The van der Waals surface area contributed by atoms with E-state index in [0.717, 1.165) is 12.0 Å². The third-order valence-corrected chi connectivity index (χ3v) is 6.01. The molecular formula is C23H26N4O4S. The maximum Gasteiger partial charge on any atom is 0.265 e. The average Bonchev–Trinajstić information content (AvgIpc) is 2.73. The number of amides is 1. The number of aromatic nitrogens is 2. The molecule has 32 heavy (non-hydrogen) atoms. The Morgan fingerprint density at radius 3 is 2.28 bits per heavy atom. The van der Waals surface area contributed by atoms with Crippen LogP contribution in [0.15, 0.2) is 59.5 Å². The monoisotopic (exact) mass is 454 g/mol. The Kier molecular flexibility index (Phi) is 7.09. The standard InChI is InChI=1S/C23H26N4O4S/c1-5-18-8-6-7-9-21(18)31-17(4)22(28)26-19-10-12-20(13-11-19)32(29,30)27-23-24-15(2)14-16(3)25-23/h6-14,17H,5H2,1-4H3,(H,26,28)(H,24,25,27)/t17-/m1/s1. The predicted molar refractivity (Wildman–Crippen MR) is 123 cm³/mol. The molecular weight excluding hydrogens is 428 g/mol. The van der Waals surface area contributed by atoms with Crippen molar-refractivity contribution >= 4 is 27.6 Å². The maximum absolute atomic E-state index is 12.6. The van der Waals surface area contributed by atoms with Crippen LogP contribution >= 0.6 is 0 Å². The minimum atomic E-state index is -3.87. The van der Waals surface area contributed by atoms with E-state index in [-0.39, 0.29) is 16.8 Å². The SMILES string of the molecule is CCc1ccccc1O[C@H](C)C(=O)Nc1ccc(S(=O)(=O)Nc2nc(C)cc(C)n2)cc1. The molecule has 0 radical (unpaired) electrons. The van der Waals surface area contributed by atoms with E-state index in [1.807, 2.05) is 31.2 Å². The molecule has 0 bridgehead atoms. The van der Waals surface area contributed by atoms with E-state index in [4.69, 9.17) is 4.74 Å². The Hall–Kier alpha value is -3.46. The Morgan fingerprint density at radius 1 is 1.03 bits per heavy atom. The van der Waals surface area contributed by atoms with Gasteiger partial charge in [-0.2, -0.15) is 0 Å². The highest BCUT2D eigenvalue weighted by Gasteiger charge is 2.18. The molecule has 168 valence electrons. The molecule has 0 saturated carbocycles. The number of nitrogens with zero attached hydrogens (tertiary/aromatic N) is 2. The number of benzene rings is 2.